The first kappa shape index (κ1) is 16.7. The summed E-state index contributed by atoms with van der Waals surface area (Å²) in [5.41, 5.74) is 1.85. The van der Waals surface area contributed by atoms with Crippen LogP contribution in [-0.4, -0.2) is 36.3 Å². The molecule has 9 heteroatoms. The number of ether oxygens (including phenoxy) is 1. The number of esters is 1. The first-order chi connectivity index (χ1) is 11.6. The molecule has 1 unspecified atom stereocenters. The van der Waals surface area contributed by atoms with Crippen LogP contribution >= 0.6 is 23.4 Å². The van der Waals surface area contributed by atoms with E-state index in [0.717, 1.165) is 22.7 Å². The summed E-state index contributed by atoms with van der Waals surface area (Å²) < 4.78 is 4.85. The molecule has 7 nitrogen and oxygen atoms in total. The van der Waals surface area contributed by atoms with Gasteiger partial charge >= 0.3 is 5.97 Å². The lowest BCUT2D eigenvalue weighted by Crippen LogP contribution is -2.33. The maximum Gasteiger partial charge on any atom is 0.317 e. The molecule has 0 amide bonds. The zero-order chi connectivity index (χ0) is 17.1. The van der Waals surface area contributed by atoms with Gasteiger partial charge in [-0.1, -0.05) is 28.5 Å². The third-order valence-corrected chi connectivity index (χ3v) is 5.12. The molecule has 0 saturated carbocycles. The van der Waals surface area contributed by atoms with E-state index in [9.17, 15) is 4.79 Å². The maximum atomic E-state index is 11.8. The number of hydrogen-bond acceptors (Lipinski definition) is 8. The van der Waals surface area contributed by atoms with Gasteiger partial charge in [-0.2, -0.15) is 5.10 Å². The molecule has 0 radical (unpaired) electrons. The van der Waals surface area contributed by atoms with Gasteiger partial charge in [-0.05, 0) is 31.2 Å². The molecule has 0 aliphatic carbocycles. The smallest absolute Gasteiger partial charge is 0.317 e. The van der Waals surface area contributed by atoms with Crippen molar-refractivity contribution in [3.8, 4) is 0 Å². The predicted molar refractivity (Wildman–Crippen MR) is 94.6 cm³/mol. The number of allylic oxidation sites excluding steroid dienone is 1. The number of oxime groups is 1. The van der Waals surface area contributed by atoms with Crippen LogP contribution in [0.2, 0.25) is 5.02 Å². The molecule has 1 atom stereocenters. The summed E-state index contributed by atoms with van der Waals surface area (Å²) in [5, 5.41) is 10.4. The number of carbonyl (C=O) groups excluding carboxylic acids is 1. The summed E-state index contributed by atoms with van der Waals surface area (Å²) in [4.78, 5) is 19.2. The minimum Gasteiger partial charge on any atom is -0.411 e. The highest BCUT2D eigenvalue weighted by Gasteiger charge is 2.38. The SMILES string of the molecule is CON=COC(=O)CC1=C(C)N2N=CN(c3ccc(Cl)cc3)C2S1. The number of carbonyl (C=O) groups is 1. The topological polar surface area (TPSA) is 66.7 Å². The number of hydrazone groups is 1. The van der Waals surface area contributed by atoms with E-state index in [2.05, 4.69) is 15.1 Å². The molecule has 2 aliphatic heterocycles. The first-order valence-electron chi connectivity index (χ1n) is 7.08. The average Bonchev–Trinajstić information content (AvgIpc) is 3.10. The Hall–Kier alpha value is -2.19. The fourth-order valence-electron chi connectivity index (χ4n) is 2.32. The van der Waals surface area contributed by atoms with E-state index in [1.807, 2.05) is 41.1 Å². The number of nitrogens with zero attached hydrogens (tertiary/aromatic N) is 4. The standard InChI is InChI=1S/C15H15ClN4O3S/c1-10-13(7-14(21)23-9-18-22-2)24-15-19(8-17-20(10)15)12-5-3-11(16)4-6-12/h3-6,8-9,15H,7H2,1-2H3. The molecule has 0 N–H and O–H groups in total. The van der Waals surface area contributed by atoms with Crippen LogP contribution in [0.15, 0.2) is 45.1 Å². The summed E-state index contributed by atoms with van der Waals surface area (Å²) in [5.74, 6) is -0.402. The molecule has 0 aromatic heterocycles. The number of benzene rings is 1. The van der Waals surface area contributed by atoms with E-state index < -0.39 is 5.97 Å². The fourth-order valence-corrected chi connectivity index (χ4v) is 3.76. The van der Waals surface area contributed by atoms with E-state index in [0.29, 0.717) is 5.02 Å². The lowest BCUT2D eigenvalue weighted by atomic mass is 10.3. The van der Waals surface area contributed by atoms with Crippen molar-refractivity contribution in [2.75, 3.05) is 12.0 Å². The Morgan fingerprint density at radius 1 is 1.46 bits per heavy atom. The van der Waals surface area contributed by atoms with Crippen molar-refractivity contribution >= 4 is 47.8 Å². The molecule has 126 valence electrons. The van der Waals surface area contributed by atoms with E-state index in [1.165, 1.54) is 7.11 Å². The predicted octanol–water partition coefficient (Wildman–Crippen LogP) is 3.19. The molecular weight excluding hydrogens is 352 g/mol. The second-order valence-corrected chi connectivity index (χ2v) is 6.56. The van der Waals surface area contributed by atoms with Crippen molar-refractivity contribution in [1.82, 2.24) is 5.01 Å². The van der Waals surface area contributed by atoms with Crippen LogP contribution in [0.4, 0.5) is 5.69 Å². The van der Waals surface area contributed by atoms with Crippen LogP contribution in [0.5, 0.6) is 0 Å². The zero-order valence-electron chi connectivity index (χ0n) is 13.0. The zero-order valence-corrected chi connectivity index (χ0v) is 14.6. The minimum atomic E-state index is -0.402. The number of halogens is 1. The molecule has 0 saturated heterocycles. The van der Waals surface area contributed by atoms with E-state index in [1.54, 1.807) is 18.1 Å². The van der Waals surface area contributed by atoms with Crippen LogP contribution in [0, 0.1) is 0 Å². The van der Waals surface area contributed by atoms with Crippen LogP contribution in [0.1, 0.15) is 13.3 Å². The van der Waals surface area contributed by atoms with Crippen LogP contribution in [0.3, 0.4) is 0 Å². The summed E-state index contributed by atoms with van der Waals surface area (Å²) in [6.45, 7) is 1.93. The van der Waals surface area contributed by atoms with E-state index in [4.69, 9.17) is 16.3 Å². The minimum absolute atomic E-state index is 0.0541. The molecule has 1 aromatic carbocycles. The Kier molecular flexibility index (Phi) is 4.96. The molecule has 2 aliphatic rings. The van der Waals surface area contributed by atoms with Gasteiger partial charge in [-0.15, -0.1) is 0 Å². The molecule has 0 fully saturated rings. The summed E-state index contributed by atoms with van der Waals surface area (Å²) >= 11 is 7.50. The van der Waals surface area contributed by atoms with E-state index >= 15 is 0 Å². The van der Waals surface area contributed by atoms with Crippen LogP contribution < -0.4 is 4.90 Å². The van der Waals surface area contributed by atoms with Gasteiger partial charge in [-0.3, -0.25) is 9.69 Å². The monoisotopic (exact) mass is 366 g/mol. The van der Waals surface area contributed by atoms with Crippen molar-refractivity contribution in [1.29, 1.82) is 0 Å². The summed E-state index contributed by atoms with van der Waals surface area (Å²) in [6.07, 6.45) is 2.91. The van der Waals surface area contributed by atoms with Crippen molar-refractivity contribution < 1.29 is 14.4 Å². The molecule has 2 heterocycles. The third-order valence-electron chi connectivity index (χ3n) is 3.50. The Bertz CT molecular complexity index is 720. The van der Waals surface area contributed by atoms with Gasteiger partial charge in [0.2, 0.25) is 6.40 Å². The Morgan fingerprint density at radius 3 is 2.92 bits per heavy atom. The molecule has 1 aromatic rings. The van der Waals surface area contributed by atoms with Crippen LogP contribution in [-0.2, 0) is 14.4 Å². The fraction of sp³-hybridized carbons (Fsp3) is 0.267. The van der Waals surface area contributed by atoms with Crippen molar-refractivity contribution in [3.63, 3.8) is 0 Å². The highest BCUT2D eigenvalue weighted by atomic mass is 35.5. The number of fused-ring (bicyclic) bond motifs is 1. The Morgan fingerprint density at radius 2 is 2.21 bits per heavy atom. The van der Waals surface area contributed by atoms with Gasteiger partial charge in [0.25, 0.3) is 0 Å². The molecule has 0 spiro atoms. The normalized spacial score (nSPS) is 19.4. The van der Waals surface area contributed by atoms with Crippen molar-refractivity contribution in [2.24, 2.45) is 10.3 Å². The second-order valence-electron chi connectivity index (χ2n) is 4.97. The van der Waals surface area contributed by atoms with Crippen molar-refractivity contribution in [2.45, 2.75) is 18.8 Å². The number of hydrogen-bond donors (Lipinski definition) is 0. The number of thioether (sulfide) groups is 1. The molecule has 24 heavy (non-hydrogen) atoms. The lowest BCUT2D eigenvalue weighted by molar-refractivity contribution is -0.134. The van der Waals surface area contributed by atoms with Gasteiger partial charge in [-0.25, -0.2) is 5.01 Å². The van der Waals surface area contributed by atoms with Gasteiger partial charge in [0.15, 0.2) is 5.50 Å². The van der Waals surface area contributed by atoms with Gasteiger partial charge in [0.1, 0.15) is 13.4 Å². The average molecular weight is 367 g/mol. The van der Waals surface area contributed by atoms with E-state index in [-0.39, 0.29) is 11.9 Å². The van der Waals surface area contributed by atoms with Gasteiger partial charge in [0, 0.05) is 21.3 Å². The Balaban J connectivity index is 1.68. The quantitative estimate of drug-likeness (QED) is 0.345. The third kappa shape index (κ3) is 3.34. The maximum absolute atomic E-state index is 11.8. The molecule has 0 bridgehead atoms. The number of anilines is 1. The number of rotatable bonds is 5. The lowest BCUT2D eigenvalue weighted by Gasteiger charge is -2.24. The summed E-state index contributed by atoms with van der Waals surface area (Å²) in [7, 11) is 1.38. The van der Waals surface area contributed by atoms with Gasteiger partial charge < -0.3 is 9.57 Å². The molecular formula is C15H15ClN4O3S. The Labute approximate surface area is 148 Å². The van der Waals surface area contributed by atoms with Gasteiger partial charge in [0.05, 0.1) is 6.42 Å². The highest BCUT2D eigenvalue weighted by molar-refractivity contribution is 8.04. The second kappa shape index (κ2) is 7.14. The highest BCUT2D eigenvalue weighted by Crippen LogP contribution is 2.44. The van der Waals surface area contributed by atoms with Crippen molar-refractivity contribution in [3.05, 3.63) is 39.9 Å². The first-order valence-corrected chi connectivity index (χ1v) is 8.34. The summed E-state index contributed by atoms with van der Waals surface area (Å²) in [6, 6.07) is 7.53. The molecule has 3 rings (SSSR count). The largest absolute Gasteiger partial charge is 0.411 e. The van der Waals surface area contributed by atoms with Crippen LogP contribution in [0.25, 0.3) is 0 Å².